The molecule has 0 saturated carbocycles. The van der Waals surface area contributed by atoms with Gasteiger partial charge in [-0.05, 0) is 78.9 Å². The third-order valence-corrected chi connectivity index (χ3v) is 15.5. The first-order chi connectivity index (χ1) is 39.2. The second-order valence-electron chi connectivity index (χ2n) is 21.2. The SMILES string of the molecule is CCNC(O)c1nnc(-c2cc(C(C)C)c(O)cc2O)n1-c1ccc(CN2CCN(C(=O)CC3=CCC(OC(O)N4CCN(CCOc5ccc6c(c5OC)N/C(=N/C(O)c5cnc(N)nc5)N5CCCNC65)CC4)C=C3)CC2)cc1. The molecule has 24 nitrogen and oxygen atoms in total. The fraction of sp³-hybridized carbons (Fsp3) is 0.474. The van der Waals surface area contributed by atoms with Gasteiger partial charge in [-0.1, -0.05) is 51.1 Å². The number of benzene rings is 3. The first-order valence-corrected chi connectivity index (χ1v) is 27.9. The molecule has 3 fully saturated rings. The number of aromatic nitrogens is 5. The van der Waals surface area contributed by atoms with Crippen molar-refractivity contribution in [2.24, 2.45) is 4.99 Å². The number of piperazine rings is 2. The van der Waals surface area contributed by atoms with Gasteiger partial charge in [0.2, 0.25) is 24.2 Å². The summed E-state index contributed by atoms with van der Waals surface area (Å²) in [6, 6.07) is 14.9. The number of aromatic hydroxyl groups is 2. The van der Waals surface area contributed by atoms with Crippen LogP contribution < -0.4 is 31.2 Å². The lowest BCUT2D eigenvalue weighted by atomic mass is 9.98. The summed E-state index contributed by atoms with van der Waals surface area (Å²) in [6.45, 7) is 15.0. The zero-order valence-corrected chi connectivity index (χ0v) is 46.4. The Morgan fingerprint density at radius 3 is 2.38 bits per heavy atom. The quantitative estimate of drug-likeness (QED) is 0.0504. The number of carbonyl (C=O) groups excluding carboxylic acids is 1. The number of amides is 1. The molecule has 5 aliphatic rings. The van der Waals surface area contributed by atoms with Crippen LogP contribution in [0.5, 0.6) is 23.0 Å². The van der Waals surface area contributed by atoms with Crippen molar-refractivity contribution in [1.29, 1.82) is 0 Å². The number of rotatable bonds is 20. The largest absolute Gasteiger partial charge is 0.508 e. The van der Waals surface area contributed by atoms with Gasteiger partial charge in [-0.15, -0.1) is 10.2 Å². The Bertz CT molecular complexity index is 3070. The van der Waals surface area contributed by atoms with E-state index in [1.165, 1.54) is 18.5 Å². The third-order valence-electron chi connectivity index (χ3n) is 15.5. The number of phenols is 2. The van der Waals surface area contributed by atoms with Crippen molar-refractivity contribution in [3.05, 3.63) is 113 Å². The van der Waals surface area contributed by atoms with Crippen LogP contribution in [0.25, 0.3) is 17.1 Å². The average molecular weight is 1110 g/mol. The Labute approximate surface area is 471 Å². The molecule has 5 aromatic rings. The van der Waals surface area contributed by atoms with Crippen LogP contribution in [0.2, 0.25) is 0 Å². The highest BCUT2D eigenvalue weighted by molar-refractivity contribution is 5.99. The maximum Gasteiger partial charge on any atom is 0.227 e. The van der Waals surface area contributed by atoms with Crippen LogP contribution in [0.4, 0.5) is 11.6 Å². The molecule has 432 valence electrons. The van der Waals surface area contributed by atoms with Crippen LogP contribution in [-0.2, 0) is 16.1 Å². The fourth-order valence-corrected chi connectivity index (χ4v) is 10.9. The summed E-state index contributed by atoms with van der Waals surface area (Å²) in [5.41, 5.74) is 11.5. The highest BCUT2D eigenvalue weighted by Crippen LogP contribution is 2.45. The number of phenolic OH excluding ortho intramolecular Hbond substituents is 2. The highest BCUT2D eigenvalue weighted by Gasteiger charge is 2.37. The number of fused-ring (bicyclic) bond motifs is 3. The second-order valence-corrected chi connectivity index (χ2v) is 21.2. The standard InChI is InChI=1S/C57H75N15O9/c1-5-59-54(77)52-66-65-51(43-30-42(35(2)3)44(73)31-45(43)74)72(52)39-11-7-37(8-12-39)34-68-21-23-69(24-22-68)47(75)29-36-9-13-40(14-10-36)81-57(78)70-25-19-67(20-26-70)27-28-80-46-16-15-41-48(49(46)79-4)63-56(71-18-6-17-60-50(41)71)64-53(76)38-32-61-55(58)62-33-38/h7-13,15-16,30-33,35,40,50,53-54,57,59-60,73-74,76-78H,5-6,14,17-29,34H2,1-4H3,(H,63,64)(H2,58,61,62). The lowest BCUT2D eigenvalue weighted by Gasteiger charge is -2.43. The lowest BCUT2D eigenvalue weighted by molar-refractivity contribution is -0.215. The molecule has 10 rings (SSSR count). The molecular weight excluding hydrogens is 1040 g/mol. The number of nitrogen functional groups attached to an aromatic ring is 1. The number of carbonyl (C=O) groups is 1. The summed E-state index contributed by atoms with van der Waals surface area (Å²) in [4.78, 5) is 36.7. The molecule has 5 unspecified atom stereocenters. The molecule has 3 aromatic carbocycles. The number of hydrogen-bond donors (Lipinski definition) is 9. The van der Waals surface area contributed by atoms with Crippen LogP contribution in [0.15, 0.2) is 89.7 Å². The van der Waals surface area contributed by atoms with Gasteiger partial charge in [-0.2, -0.15) is 0 Å². The van der Waals surface area contributed by atoms with E-state index in [0.717, 1.165) is 62.4 Å². The van der Waals surface area contributed by atoms with Crippen molar-refractivity contribution >= 4 is 23.5 Å². The maximum atomic E-state index is 13.5. The first kappa shape index (κ1) is 57.0. The number of guanidine groups is 1. The summed E-state index contributed by atoms with van der Waals surface area (Å²) >= 11 is 0. The molecule has 5 atom stereocenters. The van der Waals surface area contributed by atoms with Crippen molar-refractivity contribution in [2.45, 2.75) is 83.6 Å². The monoisotopic (exact) mass is 1110 g/mol. The Hall–Kier alpha value is -7.26. The fourth-order valence-electron chi connectivity index (χ4n) is 10.9. The van der Waals surface area contributed by atoms with Gasteiger partial charge in [0.05, 0.1) is 30.9 Å². The molecule has 2 aromatic heterocycles. The third kappa shape index (κ3) is 13.1. The minimum atomic E-state index is -1.22. The number of aliphatic hydroxyl groups excluding tert-OH is 3. The van der Waals surface area contributed by atoms with Gasteiger partial charge in [0.25, 0.3) is 0 Å². The Balaban J connectivity index is 0.651. The minimum absolute atomic E-state index is 0.00558. The normalized spacial score (nSPS) is 20.6. The van der Waals surface area contributed by atoms with Crippen molar-refractivity contribution in [3.63, 3.8) is 0 Å². The van der Waals surface area contributed by atoms with Gasteiger partial charge >= 0.3 is 0 Å². The lowest BCUT2D eigenvalue weighted by Crippen LogP contribution is -2.53. The van der Waals surface area contributed by atoms with Crippen LogP contribution in [-0.4, -0.2) is 191 Å². The van der Waals surface area contributed by atoms with E-state index in [9.17, 15) is 30.3 Å². The Kier molecular flexibility index (Phi) is 18.1. The average Bonchev–Trinajstić information content (AvgIpc) is 4.09. The molecule has 81 heavy (non-hydrogen) atoms. The molecule has 6 heterocycles. The summed E-state index contributed by atoms with van der Waals surface area (Å²) in [5.74, 6) is 2.21. The predicted molar refractivity (Wildman–Crippen MR) is 303 cm³/mol. The van der Waals surface area contributed by atoms with Crippen LogP contribution in [0.3, 0.4) is 0 Å². The number of allylic oxidation sites excluding steroid dienone is 1. The zero-order chi connectivity index (χ0) is 56.7. The second kappa shape index (κ2) is 25.7. The van der Waals surface area contributed by atoms with Gasteiger partial charge < -0.3 is 60.6 Å². The predicted octanol–water partition coefficient (Wildman–Crippen LogP) is 3.49. The number of anilines is 2. The van der Waals surface area contributed by atoms with Gasteiger partial charge in [-0.3, -0.25) is 34.7 Å². The highest BCUT2D eigenvalue weighted by atomic mass is 16.6. The van der Waals surface area contributed by atoms with E-state index in [4.69, 9.17) is 19.9 Å². The number of nitrogens with two attached hydrogens (primary N) is 1. The van der Waals surface area contributed by atoms with Gasteiger partial charge in [0.15, 0.2) is 35.6 Å². The number of aliphatic hydroxyl groups is 3. The molecule has 3 saturated heterocycles. The Morgan fingerprint density at radius 1 is 0.926 bits per heavy atom. The number of hydrogen-bond acceptors (Lipinski definition) is 20. The zero-order valence-electron chi connectivity index (χ0n) is 46.4. The van der Waals surface area contributed by atoms with Gasteiger partial charge in [0, 0.05) is 107 Å². The molecule has 1 amide bonds. The van der Waals surface area contributed by atoms with Crippen LogP contribution >= 0.6 is 0 Å². The summed E-state index contributed by atoms with van der Waals surface area (Å²) in [6.07, 6.45) is 6.67. The number of aliphatic imine (C=N–C) groups is 1. The van der Waals surface area contributed by atoms with E-state index < -0.39 is 18.9 Å². The molecule has 10 N–H and O–H groups in total. The first-order valence-electron chi connectivity index (χ1n) is 27.9. The van der Waals surface area contributed by atoms with Crippen molar-refractivity contribution in [3.8, 4) is 40.1 Å². The van der Waals surface area contributed by atoms with E-state index in [0.29, 0.717) is 117 Å². The van der Waals surface area contributed by atoms with E-state index in [1.807, 2.05) is 85.2 Å². The van der Waals surface area contributed by atoms with E-state index in [2.05, 4.69) is 55.8 Å². The van der Waals surface area contributed by atoms with Crippen LogP contribution in [0, 0.1) is 0 Å². The van der Waals surface area contributed by atoms with E-state index >= 15 is 0 Å². The van der Waals surface area contributed by atoms with E-state index in [1.54, 1.807) is 17.7 Å². The van der Waals surface area contributed by atoms with Crippen LogP contribution in [0.1, 0.15) is 92.7 Å². The molecule has 0 radical (unpaired) electrons. The van der Waals surface area contributed by atoms with Crippen molar-refractivity contribution in [2.75, 3.05) is 103 Å². The molecule has 4 aliphatic heterocycles. The topological polar surface area (TPSA) is 293 Å². The number of ether oxygens (including phenoxy) is 3. The van der Waals surface area contributed by atoms with Crippen molar-refractivity contribution < 1.29 is 44.5 Å². The van der Waals surface area contributed by atoms with Gasteiger partial charge in [-0.25, -0.2) is 15.0 Å². The summed E-state index contributed by atoms with van der Waals surface area (Å²) < 4.78 is 20.1. The summed E-state index contributed by atoms with van der Waals surface area (Å²) in [5, 5.41) is 73.3. The number of nitrogens with zero attached hydrogens (tertiary/aromatic N) is 11. The smallest absolute Gasteiger partial charge is 0.227 e. The molecule has 0 bridgehead atoms. The molecule has 0 spiro atoms. The number of nitrogens with one attached hydrogen (secondary N) is 3. The van der Waals surface area contributed by atoms with Gasteiger partial charge in [0.1, 0.15) is 24.3 Å². The molecular formula is C57H75N15O9. The minimum Gasteiger partial charge on any atom is -0.508 e. The van der Waals surface area contributed by atoms with Crippen molar-refractivity contribution in [1.82, 2.24) is 59.9 Å². The molecule has 1 aliphatic carbocycles. The maximum absolute atomic E-state index is 13.5. The number of methoxy groups -OCH3 is 1. The van der Waals surface area contributed by atoms with E-state index in [-0.39, 0.29) is 47.4 Å². The summed E-state index contributed by atoms with van der Waals surface area (Å²) in [7, 11) is 1.61. The Morgan fingerprint density at radius 2 is 1.68 bits per heavy atom. The molecule has 24 heteroatoms.